The Balaban J connectivity index is 3.04. The van der Waals surface area contributed by atoms with E-state index in [1.807, 2.05) is 26.8 Å². The summed E-state index contributed by atoms with van der Waals surface area (Å²) in [6.07, 6.45) is 0. The number of nitrogens with zero attached hydrogens (tertiary/aromatic N) is 2. The number of hydrogen-bond acceptors (Lipinski definition) is 3. The molecule has 0 atom stereocenters. The summed E-state index contributed by atoms with van der Waals surface area (Å²) in [6.45, 7) is 7.25. The van der Waals surface area contributed by atoms with Crippen LogP contribution in [0.25, 0.3) is 0 Å². The lowest BCUT2D eigenvalue weighted by atomic mass is 10.2. The number of aryl methyl sites for hydroxylation is 1. The number of carbonyl (C=O) groups excluding carboxylic acids is 1. The van der Waals surface area contributed by atoms with Crippen molar-refractivity contribution in [2.24, 2.45) is 5.73 Å². The molecule has 0 saturated carbocycles. The van der Waals surface area contributed by atoms with Gasteiger partial charge in [-0.3, -0.25) is 9.59 Å². The molecule has 0 aliphatic rings. The number of likely N-dealkylation sites (N-methyl/N-ethyl adjacent to an activating group) is 1. The quantitative estimate of drug-likeness (QED) is 0.827. The second kappa shape index (κ2) is 6.35. The Morgan fingerprint density at radius 1 is 1.33 bits per heavy atom. The lowest BCUT2D eigenvalue weighted by Gasteiger charge is -2.20. The SMILES string of the molecule is CCN(CC)C(=O)Cn1c(C)ccc(CN)c1=O. The second-order valence-corrected chi connectivity index (χ2v) is 4.16. The van der Waals surface area contributed by atoms with Crippen LogP contribution in [0, 0.1) is 6.92 Å². The van der Waals surface area contributed by atoms with E-state index in [4.69, 9.17) is 5.73 Å². The minimum atomic E-state index is -0.169. The molecule has 2 N–H and O–H groups in total. The minimum Gasteiger partial charge on any atom is -0.342 e. The summed E-state index contributed by atoms with van der Waals surface area (Å²) >= 11 is 0. The molecule has 0 aromatic carbocycles. The number of rotatable bonds is 5. The average molecular weight is 251 g/mol. The first-order chi connectivity index (χ1) is 8.54. The fourth-order valence-electron chi connectivity index (χ4n) is 1.88. The van der Waals surface area contributed by atoms with Gasteiger partial charge < -0.3 is 15.2 Å². The predicted octanol–water partition coefficient (Wildman–Crippen LogP) is 0.484. The molecular formula is C13H21N3O2. The van der Waals surface area contributed by atoms with Crippen molar-refractivity contribution in [2.75, 3.05) is 13.1 Å². The van der Waals surface area contributed by atoms with Gasteiger partial charge in [-0.2, -0.15) is 0 Å². The van der Waals surface area contributed by atoms with Crippen molar-refractivity contribution < 1.29 is 4.79 Å². The normalized spacial score (nSPS) is 10.4. The molecule has 0 bridgehead atoms. The Hall–Kier alpha value is -1.62. The predicted molar refractivity (Wildman–Crippen MR) is 71.3 cm³/mol. The van der Waals surface area contributed by atoms with Gasteiger partial charge in [0, 0.05) is 30.9 Å². The molecular weight excluding hydrogens is 230 g/mol. The lowest BCUT2D eigenvalue weighted by Crippen LogP contribution is -2.37. The third-order valence-electron chi connectivity index (χ3n) is 3.10. The first-order valence-electron chi connectivity index (χ1n) is 6.22. The van der Waals surface area contributed by atoms with Crippen LogP contribution in [0.4, 0.5) is 0 Å². The van der Waals surface area contributed by atoms with Gasteiger partial charge in [-0.1, -0.05) is 6.07 Å². The molecule has 5 nitrogen and oxygen atoms in total. The maximum absolute atomic E-state index is 12.1. The molecule has 1 rings (SSSR count). The molecule has 0 aliphatic heterocycles. The molecule has 1 amide bonds. The molecule has 1 aromatic rings. The van der Waals surface area contributed by atoms with Crippen molar-refractivity contribution in [2.45, 2.75) is 33.9 Å². The highest BCUT2D eigenvalue weighted by molar-refractivity contribution is 5.76. The second-order valence-electron chi connectivity index (χ2n) is 4.16. The summed E-state index contributed by atoms with van der Waals surface area (Å²) in [7, 11) is 0. The third-order valence-corrected chi connectivity index (χ3v) is 3.10. The fraction of sp³-hybridized carbons (Fsp3) is 0.538. The zero-order valence-electron chi connectivity index (χ0n) is 11.3. The van der Waals surface area contributed by atoms with E-state index in [9.17, 15) is 9.59 Å². The molecule has 0 saturated heterocycles. The van der Waals surface area contributed by atoms with Crippen LogP contribution in [0.3, 0.4) is 0 Å². The van der Waals surface area contributed by atoms with Gasteiger partial charge in [0.05, 0.1) is 0 Å². The maximum Gasteiger partial charge on any atom is 0.255 e. The summed E-state index contributed by atoms with van der Waals surface area (Å²) in [5.74, 6) is -0.0422. The van der Waals surface area contributed by atoms with Gasteiger partial charge in [0.15, 0.2) is 0 Å². The molecule has 1 heterocycles. The smallest absolute Gasteiger partial charge is 0.255 e. The van der Waals surface area contributed by atoms with Crippen molar-refractivity contribution in [3.63, 3.8) is 0 Å². The number of nitrogens with two attached hydrogens (primary N) is 1. The monoisotopic (exact) mass is 251 g/mol. The Morgan fingerprint density at radius 3 is 2.44 bits per heavy atom. The van der Waals surface area contributed by atoms with E-state index in [1.165, 1.54) is 4.57 Å². The van der Waals surface area contributed by atoms with Gasteiger partial charge in [-0.25, -0.2) is 0 Å². The summed E-state index contributed by atoms with van der Waals surface area (Å²) in [5.41, 5.74) is 6.65. The number of carbonyl (C=O) groups is 1. The lowest BCUT2D eigenvalue weighted by molar-refractivity contribution is -0.131. The highest BCUT2D eigenvalue weighted by atomic mass is 16.2. The number of pyridine rings is 1. The first kappa shape index (κ1) is 14.4. The Bertz CT molecular complexity index is 476. The maximum atomic E-state index is 12.1. The van der Waals surface area contributed by atoms with Gasteiger partial charge in [0.1, 0.15) is 6.54 Å². The average Bonchev–Trinajstić information content (AvgIpc) is 2.36. The number of aromatic nitrogens is 1. The molecule has 0 fully saturated rings. The van der Waals surface area contributed by atoms with Crippen LogP contribution in [0.1, 0.15) is 25.1 Å². The molecule has 0 radical (unpaired) electrons. The van der Waals surface area contributed by atoms with Crippen molar-refractivity contribution >= 4 is 5.91 Å². The number of hydrogen-bond donors (Lipinski definition) is 1. The van der Waals surface area contributed by atoms with Crippen LogP contribution in [-0.2, 0) is 17.9 Å². The zero-order valence-corrected chi connectivity index (χ0v) is 11.3. The van der Waals surface area contributed by atoms with Gasteiger partial charge in [-0.15, -0.1) is 0 Å². The summed E-state index contributed by atoms with van der Waals surface area (Å²) in [6, 6.07) is 3.54. The van der Waals surface area contributed by atoms with E-state index in [-0.39, 0.29) is 24.6 Å². The molecule has 0 spiro atoms. The highest BCUT2D eigenvalue weighted by Crippen LogP contribution is 2.00. The van der Waals surface area contributed by atoms with Crippen LogP contribution >= 0.6 is 0 Å². The Labute approximate surface area is 107 Å². The van der Waals surface area contributed by atoms with E-state index in [0.29, 0.717) is 18.7 Å². The van der Waals surface area contributed by atoms with Crippen molar-refractivity contribution in [3.8, 4) is 0 Å². The van der Waals surface area contributed by atoms with Gasteiger partial charge in [0.25, 0.3) is 5.56 Å². The van der Waals surface area contributed by atoms with Crippen LogP contribution in [0.5, 0.6) is 0 Å². The van der Waals surface area contributed by atoms with Crippen molar-refractivity contribution in [3.05, 3.63) is 33.7 Å². The summed E-state index contributed by atoms with van der Waals surface area (Å²) in [5, 5.41) is 0. The minimum absolute atomic E-state index is 0.0422. The van der Waals surface area contributed by atoms with E-state index in [0.717, 1.165) is 5.69 Å². The van der Waals surface area contributed by atoms with Crippen LogP contribution in [0.15, 0.2) is 16.9 Å². The van der Waals surface area contributed by atoms with Gasteiger partial charge in [0.2, 0.25) is 5.91 Å². The highest BCUT2D eigenvalue weighted by Gasteiger charge is 2.13. The molecule has 0 aliphatic carbocycles. The molecule has 0 unspecified atom stereocenters. The summed E-state index contributed by atoms with van der Waals surface area (Å²) < 4.78 is 1.49. The topological polar surface area (TPSA) is 68.3 Å². The van der Waals surface area contributed by atoms with Gasteiger partial charge >= 0.3 is 0 Å². The van der Waals surface area contributed by atoms with Crippen LogP contribution < -0.4 is 11.3 Å². The largest absolute Gasteiger partial charge is 0.342 e. The van der Waals surface area contributed by atoms with E-state index >= 15 is 0 Å². The molecule has 5 heteroatoms. The van der Waals surface area contributed by atoms with Crippen LogP contribution in [0.2, 0.25) is 0 Å². The molecule has 18 heavy (non-hydrogen) atoms. The molecule has 100 valence electrons. The third kappa shape index (κ3) is 2.98. The van der Waals surface area contributed by atoms with Gasteiger partial charge in [-0.05, 0) is 26.8 Å². The van der Waals surface area contributed by atoms with Crippen molar-refractivity contribution in [1.82, 2.24) is 9.47 Å². The van der Waals surface area contributed by atoms with Crippen molar-refractivity contribution in [1.29, 1.82) is 0 Å². The fourth-order valence-corrected chi connectivity index (χ4v) is 1.88. The van der Waals surface area contributed by atoms with E-state index in [1.54, 1.807) is 11.0 Å². The molecule has 1 aromatic heterocycles. The first-order valence-corrected chi connectivity index (χ1v) is 6.22. The Kier molecular flexibility index (Phi) is 5.09. The van der Waals surface area contributed by atoms with E-state index in [2.05, 4.69) is 0 Å². The number of amides is 1. The standard InChI is InChI=1S/C13H21N3O2/c1-4-15(5-2)12(17)9-16-10(3)6-7-11(8-14)13(16)18/h6-7H,4-5,8-9,14H2,1-3H3. The summed E-state index contributed by atoms with van der Waals surface area (Å²) in [4.78, 5) is 25.8. The van der Waals surface area contributed by atoms with Crippen LogP contribution in [-0.4, -0.2) is 28.5 Å². The zero-order chi connectivity index (χ0) is 13.7. The Morgan fingerprint density at radius 2 is 1.94 bits per heavy atom. The van der Waals surface area contributed by atoms with E-state index < -0.39 is 0 Å².